The Labute approximate surface area is 428 Å². The van der Waals surface area contributed by atoms with Gasteiger partial charge in [-0.2, -0.15) is 11.8 Å². The van der Waals surface area contributed by atoms with Crippen LogP contribution in [0.4, 0.5) is 0 Å². The smallest absolute Gasteiger partial charge is 0.243 e. The van der Waals surface area contributed by atoms with Crippen molar-refractivity contribution in [2.45, 2.75) is 355 Å². The molecule has 0 aliphatic rings. The zero-order valence-corrected chi connectivity index (χ0v) is 47.9. The van der Waals surface area contributed by atoms with Crippen LogP contribution in [0.2, 0.25) is 0 Å². The van der Waals surface area contributed by atoms with Crippen molar-refractivity contribution < 1.29 is 17.0 Å². The van der Waals surface area contributed by atoms with E-state index in [9.17, 15) is 0 Å². The lowest BCUT2D eigenvalue weighted by Gasteiger charge is -2.21. The summed E-state index contributed by atoms with van der Waals surface area (Å²) in [5.74, 6) is 4.05. The molecule has 1 heterocycles. The number of aryl methyl sites for hydroxylation is 2. The molecule has 0 fully saturated rings. The summed E-state index contributed by atoms with van der Waals surface area (Å²) in [5.41, 5.74) is 0. The van der Waals surface area contributed by atoms with Gasteiger partial charge in [0, 0.05) is 5.25 Å². The maximum atomic E-state index is 2.55. The van der Waals surface area contributed by atoms with Gasteiger partial charge in [0.1, 0.15) is 12.4 Å². The fraction of sp³-hybridized carbons (Fsp3) is 0.952. The number of rotatable bonds is 54. The second kappa shape index (κ2) is 52.7. The first kappa shape index (κ1) is 65.8. The van der Waals surface area contributed by atoms with Gasteiger partial charge in [-0.1, -0.05) is 305 Å². The molecule has 0 spiro atoms. The van der Waals surface area contributed by atoms with Crippen LogP contribution in [0.3, 0.4) is 0 Å². The van der Waals surface area contributed by atoms with Crippen molar-refractivity contribution in [3.05, 3.63) is 18.7 Å². The predicted octanol–water partition coefficient (Wildman–Crippen LogP) is 18.8. The molecule has 0 N–H and O–H groups in total. The molecule has 66 heavy (non-hydrogen) atoms. The van der Waals surface area contributed by atoms with Gasteiger partial charge in [0.05, 0.1) is 13.1 Å². The molecule has 0 amide bonds. The van der Waals surface area contributed by atoms with Crippen molar-refractivity contribution in [2.75, 3.05) is 5.75 Å². The van der Waals surface area contributed by atoms with Crippen LogP contribution in [0.25, 0.3) is 0 Å². The van der Waals surface area contributed by atoms with Crippen LogP contribution in [0, 0.1) is 17.8 Å². The van der Waals surface area contributed by atoms with Gasteiger partial charge in [0.25, 0.3) is 0 Å². The Bertz CT molecular complexity index is 1000. The van der Waals surface area contributed by atoms with Crippen molar-refractivity contribution in [3.63, 3.8) is 0 Å². The second-order valence-electron chi connectivity index (χ2n) is 22.4. The lowest BCUT2D eigenvalue weighted by molar-refractivity contribution is -0.696. The number of imidazole rings is 1. The number of hydrogen-bond acceptors (Lipinski definition) is 1. The first-order valence-electron chi connectivity index (χ1n) is 30.6. The Hall–Kier alpha value is -0.150. The number of unbranched alkanes of at least 4 members (excludes halogenated alkanes) is 32. The quantitative estimate of drug-likeness (QED) is 0.0467. The van der Waals surface area contributed by atoms with E-state index < -0.39 is 0 Å². The van der Waals surface area contributed by atoms with Gasteiger partial charge in [-0.15, -0.1) is 0 Å². The summed E-state index contributed by atoms with van der Waals surface area (Å²) in [7, 11) is 0. The Balaban J connectivity index is 0.0000422. The number of aromatic nitrogens is 2. The van der Waals surface area contributed by atoms with E-state index in [-0.39, 0.29) is 12.4 Å². The molecule has 2 atom stereocenters. The molecule has 0 saturated carbocycles. The van der Waals surface area contributed by atoms with Crippen LogP contribution in [-0.2, 0) is 13.1 Å². The Morgan fingerprint density at radius 2 is 0.788 bits per heavy atom. The highest BCUT2D eigenvalue weighted by molar-refractivity contribution is 7.99. The molecule has 1 aromatic rings. The number of hydrogen-bond donors (Lipinski definition) is 0. The summed E-state index contributed by atoms with van der Waals surface area (Å²) in [6.45, 7) is 16.6. The molecule has 1 aromatic heterocycles. The molecule has 1 rings (SSSR count). The molecule has 0 bridgehead atoms. The van der Waals surface area contributed by atoms with Crippen LogP contribution in [0.5, 0.6) is 0 Å². The Morgan fingerprint density at radius 3 is 1.21 bits per heavy atom. The van der Waals surface area contributed by atoms with Crippen molar-refractivity contribution in [3.8, 4) is 0 Å². The monoisotopic (exact) mass is 963 g/mol. The third-order valence-electron chi connectivity index (χ3n) is 15.2. The summed E-state index contributed by atoms with van der Waals surface area (Å²) in [5, 5.41) is 0.862. The minimum atomic E-state index is 0. The van der Waals surface area contributed by atoms with Gasteiger partial charge in [-0.3, -0.25) is 0 Å². The summed E-state index contributed by atoms with van der Waals surface area (Å²) in [6.07, 6.45) is 74.0. The molecule has 2 unspecified atom stereocenters. The standard InChI is InChI=1S/C62H123N2S.ClH/c1-7-10-13-15-17-19-21-23-25-27-29-31-33-35-37-39-47-61(48-40-38-36-34-32-30-28-26-24-22-20-18-16-14-11-8-2)49-41-42-50-62(52-51-60(6)46-43-45-59(4)5)65-57-44-54-64-56-55-63(58-64)53-12-9-3;/h55-56,58-62H,7-54,57H2,1-6H3;1H/q+1;/p-1. The number of nitrogens with zero attached hydrogens (tertiary/aromatic N) is 2. The van der Waals surface area contributed by atoms with Crippen LogP contribution in [0.1, 0.15) is 337 Å². The predicted molar refractivity (Wildman–Crippen MR) is 298 cm³/mol. The van der Waals surface area contributed by atoms with Crippen molar-refractivity contribution in [1.82, 2.24) is 4.57 Å². The number of thioether (sulfide) groups is 1. The van der Waals surface area contributed by atoms with E-state index in [1.54, 1.807) is 0 Å². The average molecular weight is 964 g/mol. The average Bonchev–Trinajstić information content (AvgIpc) is 3.76. The van der Waals surface area contributed by atoms with Crippen molar-refractivity contribution in [1.29, 1.82) is 0 Å². The maximum Gasteiger partial charge on any atom is 0.243 e. The molecule has 0 radical (unpaired) electrons. The van der Waals surface area contributed by atoms with Gasteiger partial charge < -0.3 is 12.4 Å². The van der Waals surface area contributed by atoms with Gasteiger partial charge in [-0.25, -0.2) is 9.13 Å². The zero-order chi connectivity index (χ0) is 46.9. The van der Waals surface area contributed by atoms with E-state index in [4.69, 9.17) is 0 Å². The third kappa shape index (κ3) is 46.2. The summed E-state index contributed by atoms with van der Waals surface area (Å²) in [6, 6.07) is 0. The molecule has 4 heteroatoms. The highest BCUT2D eigenvalue weighted by atomic mass is 35.5. The van der Waals surface area contributed by atoms with Crippen LogP contribution in [-0.4, -0.2) is 15.6 Å². The highest BCUT2D eigenvalue weighted by Gasteiger charge is 2.15. The van der Waals surface area contributed by atoms with Crippen LogP contribution < -0.4 is 17.0 Å². The first-order valence-corrected chi connectivity index (χ1v) is 31.7. The van der Waals surface area contributed by atoms with Gasteiger partial charge in [0.15, 0.2) is 0 Å². The lowest BCUT2D eigenvalue weighted by atomic mass is 9.89. The van der Waals surface area contributed by atoms with Crippen molar-refractivity contribution in [2.24, 2.45) is 17.8 Å². The van der Waals surface area contributed by atoms with E-state index >= 15 is 0 Å². The summed E-state index contributed by atoms with van der Waals surface area (Å²) >= 11 is 2.34. The SMILES string of the molecule is CCCCCCCCCCCCCCCCCCC(CCCCCCCCCCCCCCCCCC)CCCCC(CCC(C)CCCC(C)C)SCCC[n+]1ccn(CCCC)c1.[Cl-]. The Kier molecular flexibility index (Phi) is 52.5. The zero-order valence-electron chi connectivity index (χ0n) is 46.4. The van der Waals surface area contributed by atoms with E-state index in [1.807, 2.05) is 0 Å². The van der Waals surface area contributed by atoms with E-state index in [2.05, 4.69) is 81.2 Å². The molecule has 0 aliphatic heterocycles. The fourth-order valence-electron chi connectivity index (χ4n) is 10.5. The summed E-state index contributed by atoms with van der Waals surface area (Å²) in [4.78, 5) is 0. The third-order valence-corrected chi connectivity index (χ3v) is 16.7. The molecular formula is C62H123ClN2S. The second-order valence-corrected chi connectivity index (χ2v) is 23.8. The molecule has 0 aliphatic carbocycles. The molecule has 0 saturated heterocycles. The normalized spacial score (nSPS) is 12.7. The van der Waals surface area contributed by atoms with Crippen molar-refractivity contribution >= 4 is 11.8 Å². The lowest BCUT2D eigenvalue weighted by Crippen LogP contribution is -3.00. The van der Waals surface area contributed by atoms with E-state index in [0.717, 1.165) is 29.5 Å². The van der Waals surface area contributed by atoms with Gasteiger partial charge in [-0.05, 0) is 55.6 Å². The summed E-state index contributed by atoms with van der Waals surface area (Å²) < 4.78 is 4.81. The van der Waals surface area contributed by atoms with Crippen LogP contribution >= 0.6 is 11.8 Å². The fourth-order valence-corrected chi connectivity index (χ4v) is 11.8. The maximum absolute atomic E-state index is 2.55. The van der Waals surface area contributed by atoms with Gasteiger partial charge in [0.2, 0.25) is 6.33 Å². The largest absolute Gasteiger partial charge is 1.00 e. The molecule has 0 aromatic carbocycles. The number of halogens is 1. The minimum absolute atomic E-state index is 0. The molecule has 2 nitrogen and oxygen atoms in total. The highest BCUT2D eigenvalue weighted by Crippen LogP contribution is 2.30. The topological polar surface area (TPSA) is 8.81 Å². The molecular weight excluding hydrogens is 840 g/mol. The minimum Gasteiger partial charge on any atom is -1.00 e. The van der Waals surface area contributed by atoms with Gasteiger partial charge >= 0.3 is 0 Å². The molecule has 394 valence electrons. The van der Waals surface area contributed by atoms with E-state index in [1.165, 1.54) is 308 Å². The van der Waals surface area contributed by atoms with Crippen LogP contribution in [0.15, 0.2) is 18.7 Å². The Morgan fingerprint density at radius 1 is 0.394 bits per heavy atom. The van der Waals surface area contributed by atoms with E-state index in [0.29, 0.717) is 0 Å². The first-order chi connectivity index (χ1) is 32.0.